The highest BCUT2D eigenvalue weighted by Gasteiger charge is 2.46. The fraction of sp³-hybridized carbons (Fsp3) is 0.639. The minimum atomic E-state index is -1.59. The Bertz CT molecular complexity index is 3420. The fourth-order valence-corrected chi connectivity index (χ4v) is 15.7. The third-order valence-corrected chi connectivity index (χ3v) is 21.6. The first-order valence-corrected chi connectivity index (χ1v) is 39.1. The molecule has 0 radical (unpaired) electrons. The van der Waals surface area contributed by atoms with Gasteiger partial charge < -0.3 is 95.3 Å². The van der Waals surface area contributed by atoms with E-state index in [1.54, 1.807) is 46.8 Å². The van der Waals surface area contributed by atoms with Crippen molar-refractivity contribution in [1.29, 1.82) is 0 Å². The molecule has 0 spiro atoms. The molecule has 4 aliphatic heterocycles. The average molecular weight is 1520 g/mol. The SMILES string of the molecule is CC[C@H](C)[C@H](NC(=O)[C@H](CC(C)C)NC(=O)[C@H](CN)NC(=O)[C@@H]1CSSC[C@H](NC(C)=O)C(=O)N2CCC[C@H]2C(=O)N2CCC[C@H]2C(=O)N[C@@H](Cc2ccc(O)cc2)C(=O)N[C@@H](CC(C)C)C(=O)N2CCC[C@H]2C(=O)N[C@H](CCN)C(=O)N[C@@H](Cc2ccc(O)cc2)C(=O)N[C@@H](CC(C)C)C(=O)N1)C(N)=O. The Labute approximate surface area is 627 Å². The van der Waals surface area contributed by atoms with Crippen molar-refractivity contribution in [1.82, 2.24) is 67.9 Å². The lowest BCUT2D eigenvalue weighted by atomic mass is 9.97. The molecular formula is C72H110N16O16S2. The summed E-state index contributed by atoms with van der Waals surface area (Å²) < 4.78 is 0. The second-order valence-corrected chi connectivity index (χ2v) is 31.6. The number of aromatic hydroxyl groups is 2. The van der Waals surface area contributed by atoms with Gasteiger partial charge in [0.2, 0.25) is 82.7 Å². The van der Waals surface area contributed by atoms with Crippen molar-refractivity contribution in [3.05, 3.63) is 59.7 Å². The van der Waals surface area contributed by atoms with Gasteiger partial charge >= 0.3 is 0 Å². The van der Waals surface area contributed by atoms with E-state index in [1.807, 2.05) is 20.8 Å². The molecule has 18 N–H and O–H groups in total. The molecule has 4 fully saturated rings. The van der Waals surface area contributed by atoms with E-state index in [-0.39, 0.29) is 131 Å². The minimum absolute atomic E-state index is 0.0628. The van der Waals surface area contributed by atoms with Gasteiger partial charge in [0.25, 0.3) is 0 Å². The van der Waals surface area contributed by atoms with Crippen LogP contribution in [0.15, 0.2) is 48.5 Å². The Morgan fingerprint density at radius 3 is 1.46 bits per heavy atom. The monoisotopic (exact) mass is 1520 g/mol. The van der Waals surface area contributed by atoms with Gasteiger partial charge in [0.05, 0.1) is 0 Å². The average Bonchev–Trinajstić information content (AvgIpc) is 1.63. The molecule has 6 rings (SSSR count). The first-order chi connectivity index (χ1) is 50.2. The first-order valence-electron chi connectivity index (χ1n) is 36.7. The molecule has 0 bridgehead atoms. The van der Waals surface area contributed by atoms with Crippen LogP contribution >= 0.6 is 21.6 Å². The highest BCUT2D eigenvalue weighted by Crippen LogP contribution is 2.30. The van der Waals surface area contributed by atoms with E-state index in [4.69, 9.17) is 17.2 Å². The molecule has 0 aromatic heterocycles. The zero-order valence-corrected chi connectivity index (χ0v) is 63.7. The second-order valence-electron chi connectivity index (χ2n) is 29.1. The predicted octanol–water partition coefficient (Wildman–Crippen LogP) is -0.904. The van der Waals surface area contributed by atoms with Crippen LogP contribution in [-0.4, -0.2) is 230 Å². The third kappa shape index (κ3) is 25.2. The number of nitrogens with two attached hydrogens (primary N) is 3. The number of carbonyl (C=O) groups is 14. The van der Waals surface area contributed by atoms with E-state index in [9.17, 15) is 77.3 Å². The quantitative estimate of drug-likeness (QED) is 0.0599. The molecule has 2 aromatic rings. The number of hydrogen-bond acceptors (Lipinski definition) is 20. The molecule has 14 atom stereocenters. The number of primary amides is 1. The predicted molar refractivity (Wildman–Crippen MR) is 397 cm³/mol. The number of carbonyl (C=O) groups excluding carboxylic acids is 14. The van der Waals surface area contributed by atoms with Gasteiger partial charge in [-0.05, 0) is 130 Å². The summed E-state index contributed by atoms with van der Waals surface area (Å²) >= 11 is 0. The lowest BCUT2D eigenvalue weighted by Crippen LogP contribution is -2.62. The van der Waals surface area contributed by atoms with Crippen LogP contribution in [0.3, 0.4) is 0 Å². The van der Waals surface area contributed by atoms with Crippen molar-refractivity contribution in [3.8, 4) is 11.5 Å². The molecule has 0 unspecified atom stereocenters. The number of nitrogens with one attached hydrogen (secondary N) is 10. The van der Waals surface area contributed by atoms with Crippen LogP contribution in [0.5, 0.6) is 11.5 Å². The number of hydrogen-bond donors (Lipinski definition) is 15. The zero-order chi connectivity index (χ0) is 78.2. The standard InChI is InChI=1S/C72H110N16O16S2/c1-10-41(8)59(60(75)92)85-65(97)49(31-39(4)5)79-66(98)53(35-74)83-67(99)54-36-105-106-37-55(76-42(9)89)71(103)88-29-13-16-58(88)72(104)87-28-12-15-57(87)69(101)81-51(34-44-19-23-46(91)24-20-44)64(96)82-52(32-40(6)7)70(102)86-27-11-14-56(86)68(100)77-47(25-26-73)61(93)80-50(33-43-17-21-45(90)22-18-43)63(95)78-48(30-38(2)3)62(94)84-54/h17-24,38-41,47-59,90-91H,10-16,25-37,73-74H2,1-9H3,(H2,75,92)(H,76,89)(H,77,100)(H,78,95)(H,79,98)(H,80,93)(H,81,101)(H,82,96)(H,83,99)(H,84,94)(H,85,97)/t41-,47+,48-,49-,50-,51-,52-,53-,54-,55-,56-,57-,58-,59-/m0/s1. The molecule has 2 aromatic carbocycles. The summed E-state index contributed by atoms with van der Waals surface area (Å²) in [6, 6.07) is -5.49. The number of benzene rings is 2. The van der Waals surface area contributed by atoms with Gasteiger partial charge in [-0.25, -0.2) is 0 Å². The van der Waals surface area contributed by atoms with E-state index >= 15 is 0 Å². The Balaban J connectivity index is 1.41. The molecule has 106 heavy (non-hydrogen) atoms. The lowest BCUT2D eigenvalue weighted by molar-refractivity contribution is -0.147. The van der Waals surface area contributed by atoms with E-state index in [0.717, 1.165) is 21.6 Å². The normalized spacial score (nSPS) is 25.0. The fourth-order valence-electron chi connectivity index (χ4n) is 13.4. The molecule has 4 saturated heterocycles. The Kier molecular flexibility index (Phi) is 33.6. The maximum atomic E-state index is 15.0. The van der Waals surface area contributed by atoms with Crippen molar-refractivity contribution in [2.45, 2.75) is 224 Å². The first kappa shape index (κ1) is 86.2. The summed E-state index contributed by atoms with van der Waals surface area (Å²) in [5.41, 5.74) is 18.9. The highest BCUT2D eigenvalue weighted by molar-refractivity contribution is 8.76. The summed E-state index contributed by atoms with van der Waals surface area (Å²) in [6.07, 6.45) is 1.62. The van der Waals surface area contributed by atoms with Crippen molar-refractivity contribution in [2.24, 2.45) is 40.9 Å². The van der Waals surface area contributed by atoms with Crippen LogP contribution in [0.1, 0.15) is 144 Å². The van der Waals surface area contributed by atoms with E-state index in [2.05, 4.69) is 53.2 Å². The van der Waals surface area contributed by atoms with Crippen molar-refractivity contribution in [2.75, 3.05) is 44.2 Å². The van der Waals surface area contributed by atoms with Gasteiger partial charge in [-0.15, -0.1) is 0 Å². The van der Waals surface area contributed by atoms with Gasteiger partial charge in [-0.3, -0.25) is 67.1 Å². The summed E-state index contributed by atoms with van der Waals surface area (Å²) in [5.74, 6) is -12.5. The molecular weight excluding hydrogens is 1410 g/mol. The Morgan fingerprint density at radius 2 is 0.972 bits per heavy atom. The van der Waals surface area contributed by atoms with Crippen molar-refractivity contribution in [3.63, 3.8) is 0 Å². The summed E-state index contributed by atoms with van der Waals surface area (Å²) in [6.45, 7) is 15.1. The number of fused-ring (bicyclic) bond motifs is 3. The molecule has 32 nitrogen and oxygen atoms in total. The Hall–Kier alpha value is -8.76. The molecule has 0 aliphatic carbocycles. The van der Waals surface area contributed by atoms with Crippen LogP contribution < -0.4 is 70.4 Å². The van der Waals surface area contributed by atoms with Gasteiger partial charge in [-0.2, -0.15) is 0 Å². The van der Waals surface area contributed by atoms with Crippen LogP contribution in [0, 0.1) is 23.7 Å². The topological polar surface area (TPSA) is 488 Å². The number of nitrogens with zero attached hydrogens (tertiary/aromatic N) is 3. The van der Waals surface area contributed by atoms with Gasteiger partial charge in [-0.1, -0.05) is 108 Å². The summed E-state index contributed by atoms with van der Waals surface area (Å²) in [5, 5.41) is 47.6. The maximum absolute atomic E-state index is 15.0. The van der Waals surface area contributed by atoms with E-state index in [0.29, 0.717) is 36.8 Å². The van der Waals surface area contributed by atoms with E-state index in [1.165, 1.54) is 58.0 Å². The van der Waals surface area contributed by atoms with Crippen LogP contribution in [-0.2, 0) is 80.0 Å². The van der Waals surface area contributed by atoms with Crippen molar-refractivity contribution < 1.29 is 77.3 Å². The third-order valence-electron chi connectivity index (χ3n) is 19.2. The van der Waals surface area contributed by atoms with Crippen LogP contribution in [0.4, 0.5) is 0 Å². The summed E-state index contributed by atoms with van der Waals surface area (Å²) in [4.78, 5) is 206. The minimum Gasteiger partial charge on any atom is -0.508 e. The van der Waals surface area contributed by atoms with Gasteiger partial charge in [0, 0.05) is 57.5 Å². The molecule has 14 amide bonds. The number of amides is 14. The maximum Gasteiger partial charge on any atom is 0.246 e. The van der Waals surface area contributed by atoms with E-state index < -0.39 is 168 Å². The second kappa shape index (κ2) is 41.4. The van der Waals surface area contributed by atoms with Gasteiger partial charge in [0.15, 0.2) is 0 Å². The number of phenols is 2. The van der Waals surface area contributed by atoms with Crippen LogP contribution in [0.2, 0.25) is 0 Å². The summed E-state index contributed by atoms with van der Waals surface area (Å²) in [7, 11) is 1.97. The largest absolute Gasteiger partial charge is 0.508 e. The number of rotatable bonds is 23. The molecule has 4 heterocycles. The molecule has 586 valence electrons. The lowest BCUT2D eigenvalue weighted by Gasteiger charge is -2.33. The number of phenolic OH excluding ortho intramolecular Hbond substituents is 2. The van der Waals surface area contributed by atoms with Crippen molar-refractivity contribution >= 4 is 104 Å². The van der Waals surface area contributed by atoms with Gasteiger partial charge in [0.1, 0.15) is 90.0 Å². The molecule has 4 aliphatic rings. The molecule has 34 heteroatoms. The smallest absolute Gasteiger partial charge is 0.246 e. The molecule has 0 saturated carbocycles. The zero-order valence-electron chi connectivity index (χ0n) is 62.1. The Morgan fingerprint density at radius 1 is 0.528 bits per heavy atom. The van der Waals surface area contributed by atoms with Crippen LogP contribution in [0.25, 0.3) is 0 Å². The highest BCUT2D eigenvalue weighted by atomic mass is 33.1.